The number of carbonyl (C=O) groups is 1. The number of rotatable bonds is 6. The van der Waals surface area contributed by atoms with Crippen LogP contribution in [0.2, 0.25) is 0 Å². The van der Waals surface area contributed by atoms with E-state index in [1.807, 2.05) is 34.9 Å². The van der Waals surface area contributed by atoms with Gasteiger partial charge in [-0.25, -0.2) is 4.98 Å². The Kier molecular flexibility index (Phi) is 4.78. The van der Waals surface area contributed by atoms with Crippen molar-refractivity contribution in [3.63, 3.8) is 0 Å². The first-order valence-electron chi connectivity index (χ1n) is 9.27. The second kappa shape index (κ2) is 7.21. The molecule has 6 nitrogen and oxygen atoms in total. The lowest BCUT2D eigenvalue weighted by Crippen LogP contribution is -2.54. The highest BCUT2D eigenvalue weighted by atomic mass is 16.5. The van der Waals surface area contributed by atoms with Gasteiger partial charge in [-0.2, -0.15) is 0 Å². The molecule has 0 spiro atoms. The third-order valence-corrected chi connectivity index (χ3v) is 5.85. The molecule has 1 aromatic carbocycles. The van der Waals surface area contributed by atoms with Gasteiger partial charge in [0.2, 0.25) is 0 Å². The highest BCUT2D eigenvalue weighted by Gasteiger charge is 2.45. The number of aromatic nitrogens is 2. The first kappa shape index (κ1) is 17.2. The van der Waals surface area contributed by atoms with Crippen molar-refractivity contribution in [2.75, 3.05) is 26.2 Å². The minimum atomic E-state index is -1.13. The Balaban J connectivity index is 1.62. The molecule has 138 valence electrons. The number of fused-ring (bicyclic) bond motifs is 3. The van der Waals surface area contributed by atoms with Crippen molar-refractivity contribution in [1.82, 2.24) is 14.5 Å². The smallest absolute Gasteiger partial charge is 0.321 e. The van der Waals surface area contributed by atoms with Gasteiger partial charge in [-0.3, -0.25) is 9.69 Å². The summed E-state index contributed by atoms with van der Waals surface area (Å²) in [7, 11) is 0. The van der Waals surface area contributed by atoms with Crippen LogP contribution in [-0.2, 0) is 21.5 Å². The number of nitrogens with zero attached hydrogens (tertiary/aromatic N) is 3. The van der Waals surface area contributed by atoms with E-state index in [1.165, 1.54) is 0 Å². The van der Waals surface area contributed by atoms with Crippen molar-refractivity contribution in [3.05, 3.63) is 54.6 Å². The summed E-state index contributed by atoms with van der Waals surface area (Å²) in [6.45, 7) is 2.98. The zero-order chi connectivity index (χ0) is 18.0. The lowest BCUT2D eigenvalue weighted by atomic mass is 9.80. The van der Waals surface area contributed by atoms with E-state index in [1.54, 1.807) is 18.7 Å². The molecule has 26 heavy (non-hydrogen) atoms. The first-order chi connectivity index (χ1) is 12.7. The molecular formula is C20H25N3O3. The monoisotopic (exact) mass is 355 g/mol. The van der Waals surface area contributed by atoms with Crippen LogP contribution in [0.15, 0.2) is 49.1 Å². The van der Waals surface area contributed by atoms with Crippen molar-refractivity contribution in [3.8, 4) is 0 Å². The second-order valence-corrected chi connectivity index (χ2v) is 7.42. The van der Waals surface area contributed by atoms with E-state index in [9.17, 15) is 9.90 Å². The molecule has 5 rings (SSSR count). The molecule has 1 N–H and O–H groups in total. The van der Waals surface area contributed by atoms with E-state index in [0.717, 1.165) is 38.0 Å². The maximum Gasteiger partial charge on any atom is 0.321 e. The summed E-state index contributed by atoms with van der Waals surface area (Å²) in [4.78, 5) is 19.8. The van der Waals surface area contributed by atoms with E-state index >= 15 is 0 Å². The molecule has 1 aromatic heterocycles. The van der Waals surface area contributed by atoms with E-state index in [0.29, 0.717) is 12.5 Å². The number of imidazole rings is 1. The molecule has 2 atom stereocenters. The molecule has 6 heteroatoms. The molecule has 2 aromatic rings. The number of aliphatic hydroxyl groups is 1. The molecule has 3 aliphatic rings. The third-order valence-electron chi connectivity index (χ3n) is 5.85. The zero-order valence-electron chi connectivity index (χ0n) is 14.8. The van der Waals surface area contributed by atoms with Gasteiger partial charge in [-0.05, 0) is 37.4 Å². The van der Waals surface area contributed by atoms with Crippen LogP contribution in [0.4, 0.5) is 0 Å². The number of benzene rings is 1. The van der Waals surface area contributed by atoms with Gasteiger partial charge in [0.25, 0.3) is 0 Å². The van der Waals surface area contributed by atoms with E-state index in [4.69, 9.17) is 4.74 Å². The van der Waals surface area contributed by atoms with Crippen LogP contribution in [0.25, 0.3) is 0 Å². The summed E-state index contributed by atoms with van der Waals surface area (Å²) in [6, 6.07) is 9.43. The predicted octanol–water partition coefficient (Wildman–Crippen LogP) is 1.45. The second-order valence-electron chi connectivity index (χ2n) is 7.42. The lowest BCUT2D eigenvalue weighted by Gasteiger charge is -2.45. The van der Waals surface area contributed by atoms with Gasteiger partial charge in [-0.1, -0.05) is 30.3 Å². The number of aliphatic hydroxyl groups excluding tert-OH is 1. The van der Waals surface area contributed by atoms with Crippen LogP contribution in [0, 0.1) is 5.92 Å². The molecule has 0 saturated carbocycles. The van der Waals surface area contributed by atoms with E-state index in [2.05, 4.69) is 9.88 Å². The Morgan fingerprint density at radius 2 is 2.04 bits per heavy atom. The molecule has 3 aliphatic heterocycles. The van der Waals surface area contributed by atoms with Crippen molar-refractivity contribution >= 4 is 5.97 Å². The molecule has 0 radical (unpaired) electrons. The summed E-state index contributed by atoms with van der Waals surface area (Å²) in [6.07, 6.45) is 7.21. The summed E-state index contributed by atoms with van der Waals surface area (Å²) < 4.78 is 7.83. The Morgan fingerprint density at radius 1 is 1.27 bits per heavy atom. The zero-order valence-corrected chi connectivity index (χ0v) is 14.8. The quantitative estimate of drug-likeness (QED) is 0.795. The van der Waals surface area contributed by atoms with E-state index in [-0.39, 0.29) is 18.7 Å². The van der Waals surface area contributed by atoms with Gasteiger partial charge >= 0.3 is 5.97 Å². The molecular weight excluding hydrogens is 330 g/mol. The summed E-state index contributed by atoms with van der Waals surface area (Å²) in [5.74, 6) is 0.0861. The number of ether oxygens (including phenoxy) is 1. The van der Waals surface area contributed by atoms with Gasteiger partial charge in [0.05, 0.1) is 12.9 Å². The Hall–Kier alpha value is -2.18. The van der Waals surface area contributed by atoms with Crippen LogP contribution in [0.5, 0.6) is 0 Å². The largest absolute Gasteiger partial charge is 0.460 e. The predicted molar refractivity (Wildman–Crippen MR) is 96.5 cm³/mol. The fourth-order valence-electron chi connectivity index (χ4n) is 4.22. The highest BCUT2D eigenvalue weighted by molar-refractivity contribution is 5.83. The fraction of sp³-hybridized carbons (Fsp3) is 0.500. The number of hydrogen-bond acceptors (Lipinski definition) is 5. The number of carbonyl (C=O) groups excluding carboxylic acids is 1. The van der Waals surface area contributed by atoms with Crippen LogP contribution in [0.3, 0.4) is 0 Å². The summed E-state index contributed by atoms with van der Waals surface area (Å²) >= 11 is 0. The van der Waals surface area contributed by atoms with Gasteiger partial charge in [0.1, 0.15) is 11.5 Å². The van der Waals surface area contributed by atoms with Gasteiger partial charge in [0.15, 0.2) is 0 Å². The standard InChI is InChI=1S/C20H25N3O3/c24-14-20(13-23-11-8-21-15-23,17-4-2-1-3-5-17)19(25)26-18-12-22-9-6-16(18)7-10-22/h1-5,8,11,15-16,18,24H,6-7,9-10,12-14H2/t18-,20?/m0/s1. The Bertz CT molecular complexity index is 726. The molecule has 0 aliphatic carbocycles. The number of hydrogen-bond donors (Lipinski definition) is 1. The normalized spacial score (nSPS) is 27.0. The SMILES string of the molecule is O=C(O[C@H]1CN2CCC1CC2)C(CO)(Cn1ccnc1)c1ccccc1. The van der Waals surface area contributed by atoms with Crippen LogP contribution < -0.4 is 0 Å². The first-order valence-corrected chi connectivity index (χ1v) is 9.27. The average Bonchev–Trinajstić information content (AvgIpc) is 3.21. The number of piperidine rings is 3. The Morgan fingerprint density at radius 3 is 2.62 bits per heavy atom. The van der Waals surface area contributed by atoms with Crippen LogP contribution in [-0.4, -0.2) is 57.9 Å². The van der Waals surface area contributed by atoms with Gasteiger partial charge in [-0.15, -0.1) is 0 Å². The molecule has 0 amide bonds. The third kappa shape index (κ3) is 3.15. The summed E-state index contributed by atoms with van der Waals surface area (Å²) in [5.41, 5.74) is -0.365. The molecule has 2 bridgehead atoms. The van der Waals surface area contributed by atoms with Crippen LogP contribution >= 0.6 is 0 Å². The maximum atomic E-state index is 13.3. The number of esters is 1. The summed E-state index contributed by atoms with van der Waals surface area (Å²) in [5, 5.41) is 10.3. The van der Waals surface area contributed by atoms with Crippen molar-refractivity contribution < 1.29 is 14.6 Å². The minimum absolute atomic E-state index is 0.0811. The van der Waals surface area contributed by atoms with Crippen molar-refractivity contribution in [1.29, 1.82) is 0 Å². The maximum absolute atomic E-state index is 13.3. The van der Waals surface area contributed by atoms with E-state index < -0.39 is 5.41 Å². The topological polar surface area (TPSA) is 67.6 Å². The minimum Gasteiger partial charge on any atom is -0.460 e. The van der Waals surface area contributed by atoms with Crippen LogP contribution in [0.1, 0.15) is 18.4 Å². The fourth-order valence-corrected chi connectivity index (χ4v) is 4.22. The van der Waals surface area contributed by atoms with Gasteiger partial charge in [0, 0.05) is 25.5 Å². The molecule has 4 heterocycles. The van der Waals surface area contributed by atoms with Crippen molar-refractivity contribution in [2.24, 2.45) is 5.92 Å². The Labute approximate surface area is 153 Å². The molecule has 3 saturated heterocycles. The van der Waals surface area contributed by atoms with Gasteiger partial charge < -0.3 is 14.4 Å². The lowest BCUT2D eigenvalue weighted by molar-refractivity contribution is -0.168. The highest BCUT2D eigenvalue weighted by Crippen LogP contribution is 2.33. The molecule has 3 fully saturated rings. The average molecular weight is 355 g/mol. The van der Waals surface area contributed by atoms with Crippen molar-refractivity contribution in [2.45, 2.75) is 30.9 Å². The molecule has 1 unspecified atom stereocenters.